The second-order valence-electron chi connectivity index (χ2n) is 12.7. The van der Waals surface area contributed by atoms with Crippen LogP contribution in [0.3, 0.4) is 0 Å². The molecule has 0 aliphatic rings. The molecular formula is C37H41Cl2N3O4S. The maximum atomic E-state index is 14.7. The van der Waals surface area contributed by atoms with Crippen molar-refractivity contribution in [3.63, 3.8) is 0 Å². The van der Waals surface area contributed by atoms with Crippen LogP contribution in [0, 0.1) is 20.8 Å². The number of hydrogen-bond acceptors (Lipinski definition) is 4. The maximum absolute atomic E-state index is 14.7. The van der Waals surface area contributed by atoms with Crippen LogP contribution in [0.25, 0.3) is 0 Å². The Morgan fingerprint density at radius 3 is 2.13 bits per heavy atom. The molecule has 1 N–H and O–H groups in total. The summed E-state index contributed by atoms with van der Waals surface area (Å²) in [6, 6.07) is 25.2. The molecule has 0 spiro atoms. The predicted octanol–water partition coefficient (Wildman–Crippen LogP) is 7.67. The molecule has 0 radical (unpaired) electrons. The Labute approximate surface area is 288 Å². The molecule has 0 fully saturated rings. The van der Waals surface area contributed by atoms with Gasteiger partial charge in [-0.15, -0.1) is 0 Å². The highest BCUT2D eigenvalue weighted by Gasteiger charge is 2.36. The average Bonchev–Trinajstić information content (AvgIpc) is 3.00. The molecule has 10 heteroatoms. The highest BCUT2D eigenvalue weighted by atomic mass is 35.5. The molecule has 47 heavy (non-hydrogen) atoms. The van der Waals surface area contributed by atoms with E-state index < -0.39 is 34.1 Å². The summed E-state index contributed by atoms with van der Waals surface area (Å²) in [7, 11) is -4.22. The van der Waals surface area contributed by atoms with Crippen LogP contribution < -0.4 is 9.62 Å². The number of amides is 2. The van der Waals surface area contributed by atoms with Crippen molar-refractivity contribution in [1.82, 2.24) is 10.2 Å². The first-order chi connectivity index (χ1) is 22.1. The largest absolute Gasteiger partial charge is 0.350 e. The molecule has 0 heterocycles. The van der Waals surface area contributed by atoms with Gasteiger partial charge in [0.15, 0.2) is 0 Å². The monoisotopic (exact) mass is 693 g/mol. The van der Waals surface area contributed by atoms with Crippen molar-refractivity contribution in [1.29, 1.82) is 0 Å². The van der Waals surface area contributed by atoms with E-state index in [1.165, 1.54) is 17.0 Å². The van der Waals surface area contributed by atoms with Crippen molar-refractivity contribution in [3.05, 3.63) is 129 Å². The van der Waals surface area contributed by atoms with E-state index in [-0.39, 0.29) is 23.8 Å². The third-order valence-corrected chi connectivity index (χ3v) is 10.2. The smallest absolute Gasteiger partial charge is 0.264 e. The van der Waals surface area contributed by atoms with Gasteiger partial charge in [-0.3, -0.25) is 13.9 Å². The summed E-state index contributed by atoms with van der Waals surface area (Å²) in [4.78, 5) is 30.2. The minimum absolute atomic E-state index is 0.0513. The van der Waals surface area contributed by atoms with Gasteiger partial charge in [-0.05, 0) is 94.1 Å². The molecule has 0 aliphatic carbocycles. The number of nitrogens with one attached hydrogen (secondary N) is 1. The Balaban J connectivity index is 1.87. The summed E-state index contributed by atoms with van der Waals surface area (Å²) in [6.07, 6.45) is 0.188. The number of sulfonamides is 1. The molecule has 1 atom stereocenters. The Hall–Kier alpha value is -3.85. The third-order valence-electron chi connectivity index (χ3n) is 7.86. The number of carbonyl (C=O) groups excluding carboxylic acids is 2. The molecule has 0 unspecified atom stereocenters. The van der Waals surface area contributed by atoms with Gasteiger partial charge < -0.3 is 10.2 Å². The number of anilines is 1. The molecule has 0 saturated heterocycles. The zero-order valence-corrected chi connectivity index (χ0v) is 29.9. The van der Waals surface area contributed by atoms with E-state index >= 15 is 0 Å². The molecule has 2 amide bonds. The van der Waals surface area contributed by atoms with Crippen LogP contribution >= 0.6 is 23.2 Å². The van der Waals surface area contributed by atoms with Crippen LogP contribution in [0.15, 0.2) is 95.9 Å². The van der Waals surface area contributed by atoms with Crippen molar-refractivity contribution in [2.24, 2.45) is 0 Å². The van der Waals surface area contributed by atoms with E-state index in [4.69, 9.17) is 23.2 Å². The highest BCUT2D eigenvalue weighted by Crippen LogP contribution is 2.30. The lowest BCUT2D eigenvalue weighted by Gasteiger charge is -2.35. The molecule has 0 aromatic heterocycles. The first-order valence-corrected chi connectivity index (χ1v) is 17.5. The summed E-state index contributed by atoms with van der Waals surface area (Å²) >= 11 is 12.8. The zero-order chi connectivity index (χ0) is 34.5. The van der Waals surface area contributed by atoms with Crippen molar-refractivity contribution in [2.45, 2.75) is 71.0 Å². The van der Waals surface area contributed by atoms with E-state index in [1.807, 2.05) is 77.9 Å². The lowest BCUT2D eigenvalue weighted by atomic mass is 10.0. The Morgan fingerprint density at radius 2 is 1.51 bits per heavy atom. The van der Waals surface area contributed by atoms with Gasteiger partial charge in [-0.25, -0.2) is 8.42 Å². The standard InChI is InChI=1S/C37H41Cl2N3O4S/c1-25-15-19-31(20-16-25)47(45,46)42(33-14-10-11-26(2)27(33)3)24-35(43)41(23-29-17-18-30(38)22-32(29)39)34(36(44)40-37(4,5)6)21-28-12-8-7-9-13-28/h7-20,22,34H,21,23-24H2,1-6H3,(H,40,44)/t34-/m1/s1. The fourth-order valence-electron chi connectivity index (χ4n) is 5.20. The number of benzene rings is 4. The van der Waals surface area contributed by atoms with E-state index in [1.54, 1.807) is 42.5 Å². The van der Waals surface area contributed by atoms with Gasteiger partial charge in [0.2, 0.25) is 11.8 Å². The van der Waals surface area contributed by atoms with Gasteiger partial charge in [-0.1, -0.05) is 89.4 Å². The van der Waals surface area contributed by atoms with Gasteiger partial charge >= 0.3 is 0 Å². The number of hydrogen-bond donors (Lipinski definition) is 1. The zero-order valence-electron chi connectivity index (χ0n) is 27.6. The Morgan fingerprint density at radius 1 is 0.851 bits per heavy atom. The summed E-state index contributed by atoms with van der Waals surface area (Å²) in [6.45, 7) is 10.6. The average molecular weight is 695 g/mol. The number of nitrogens with zero attached hydrogens (tertiary/aromatic N) is 2. The molecule has 4 rings (SSSR count). The van der Waals surface area contributed by atoms with E-state index in [2.05, 4.69) is 5.32 Å². The summed E-state index contributed by atoms with van der Waals surface area (Å²) in [5.41, 5.74) is 3.66. The Bertz CT molecular complexity index is 1840. The second-order valence-corrected chi connectivity index (χ2v) is 15.5. The molecule has 0 aliphatic heterocycles. The summed E-state index contributed by atoms with van der Waals surface area (Å²) < 4.78 is 29.8. The molecule has 4 aromatic rings. The molecule has 0 bridgehead atoms. The number of halogens is 2. The minimum Gasteiger partial charge on any atom is -0.350 e. The highest BCUT2D eigenvalue weighted by molar-refractivity contribution is 7.92. The van der Waals surface area contributed by atoms with Gasteiger partial charge in [0.1, 0.15) is 12.6 Å². The fourth-order valence-corrected chi connectivity index (χ4v) is 7.14. The lowest BCUT2D eigenvalue weighted by Crippen LogP contribution is -2.56. The molecular weight excluding hydrogens is 653 g/mol. The first kappa shape index (κ1) is 36.0. The van der Waals surface area contributed by atoms with Gasteiger partial charge in [0.25, 0.3) is 10.0 Å². The van der Waals surface area contributed by atoms with Crippen molar-refractivity contribution < 1.29 is 18.0 Å². The first-order valence-electron chi connectivity index (χ1n) is 15.3. The Kier molecular flexibility index (Phi) is 11.4. The molecule has 0 saturated carbocycles. The third kappa shape index (κ3) is 9.15. The number of carbonyl (C=O) groups is 2. The van der Waals surface area contributed by atoms with Crippen LogP contribution in [-0.4, -0.2) is 43.3 Å². The summed E-state index contributed by atoms with van der Waals surface area (Å²) in [5, 5.41) is 3.78. The summed E-state index contributed by atoms with van der Waals surface area (Å²) in [5.74, 6) is -0.947. The topological polar surface area (TPSA) is 86.8 Å². The van der Waals surface area contributed by atoms with Gasteiger partial charge in [0, 0.05) is 28.5 Å². The molecule has 248 valence electrons. The fraction of sp³-hybridized carbons (Fsp3) is 0.297. The number of aryl methyl sites for hydroxylation is 2. The van der Waals surface area contributed by atoms with Crippen LogP contribution in [0.2, 0.25) is 10.0 Å². The quantitative estimate of drug-likeness (QED) is 0.175. The molecule has 7 nitrogen and oxygen atoms in total. The number of rotatable bonds is 11. The normalized spacial score (nSPS) is 12.3. The van der Waals surface area contributed by atoms with Crippen molar-refractivity contribution in [3.8, 4) is 0 Å². The second kappa shape index (κ2) is 14.9. The van der Waals surface area contributed by atoms with E-state index in [9.17, 15) is 18.0 Å². The van der Waals surface area contributed by atoms with Crippen LogP contribution in [0.4, 0.5) is 5.69 Å². The van der Waals surface area contributed by atoms with E-state index in [0.29, 0.717) is 21.3 Å². The van der Waals surface area contributed by atoms with Crippen LogP contribution in [-0.2, 0) is 32.6 Å². The van der Waals surface area contributed by atoms with Gasteiger partial charge in [0.05, 0.1) is 10.6 Å². The molecule has 4 aromatic carbocycles. The lowest BCUT2D eigenvalue weighted by molar-refractivity contribution is -0.140. The van der Waals surface area contributed by atoms with Crippen LogP contribution in [0.5, 0.6) is 0 Å². The SMILES string of the molecule is Cc1ccc(S(=O)(=O)N(CC(=O)N(Cc2ccc(Cl)cc2Cl)[C@H](Cc2ccccc2)C(=O)NC(C)(C)C)c2cccc(C)c2C)cc1. The van der Waals surface area contributed by atoms with Crippen molar-refractivity contribution in [2.75, 3.05) is 10.8 Å². The van der Waals surface area contributed by atoms with Crippen LogP contribution in [0.1, 0.15) is 48.6 Å². The minimum atomic E-state index is -4.22. The van der Waals surface area contributed by atoms with E-state index in [0.717, 1.165) is 26.6 Å². The van der Waals surface area contributed by atoms with Crippen molar-refractivity contribution >= 4 is 50.7 Å². The predicted molar refractivity (Wildman–Crippen MR) is 190 cm³/mol. The maximum Gasteiger partial charge on any atom is 0.264 e. The van der Waals surface area contributed by atoms with Gasteiger partial charge in [-0.2, -0.15) is 0 Å².